The fourth-order valence-corrected chi connectivity index (χ4v) is 4.16. The fraction of sp³-hybridized carbons (Fsp3) is 0.500. The lowest BCUT2D eigenvalue weighted by Gasteiger charge is -2.36. The van der Waals surface area contributed by atoms with Crippen molar-refractivity contribution in [3.63, 3.8) is 0 Å². The zero-order valence-corrected chi connectivity index (χ0v) is 15.9. The highest BCUT2D eigenvalue weighted by atomic mass is 32.2. The Morgan fingerprint density at radius 3 is 2.77 bits per heavy atom. The second kappa shape index (κ2) is 8.55. The van der Waals surface area contributed by atoms with Crippen LogP contribution in [0.25, 0.3) is 0 Å². The van der Waals surface area contributed by atoms with Gasteiger partial charge < -0.3 is 14.5 Å². The smallest absolute Gasteiger partial charge is 0.325 e. The SMILES string of the molecule is COCCSC1=NC2C(C(=O)NC(=O)N2C)N1CCCc1ccccc1. The Balaban J connectivity index is 1.69. The molecule has 140 valence electrons. The predicted octanol–water partition coefficient (Wildman–Crippen LogP) is 1.55. The molecule has 0 bridgehead atoms. The van der Waals surface area contributed by atoms with Gasteiger partial charge in [0.15, 0.2) is 17.4 Å². The van der Waals surface area contributed by atoms with Gasteiger partial charge in [-0.3, -0.25) is 10.1 Å². The normalized spacial score (nSPS) is 22.3. The van der Waals surface area contributed by atoms with E-state index < -0.39 is 18.2 Å². The first-order chi connectivity index (χ1) is 12.6. The summed E-state index contributed by atoms with van der Waals surface area (Å²) in [5.41, 5.74) is 1.27. The van der Waals surface area contributed by atoms with Crippen LogP contribution in [0.5, 0.6) is 0 Å². The molecule has 3 rings (SSSR count). The Hall–Kier alpha value is -2.06. The molecule has 1 saturated heterocycles. The van der Waals surface area contributed by atoms with Crippen LogP contribution in [0.1, 0.15) is 12.0 Å². The van der Waals surface area contributed by atoms with Gasteiger partial charge in [-0.05, 0) is 18.4 Å². The van der Waals surface area contributed by atoms with E-state index in [1.165, 1.54) is 10.5 Å². The summed E-state index contributed by atoms with van der Waals surface area (Å²) in [6.45, 7) is 1.32. The number of thioether (sulfide) groups is 1. The highest BCUT2D eigenvalue weighted by Crippen LogP contribution is 2.28. The van der Waals surface area contributed by atoms with E-state index in [4.69, 9.17) is 4.74 Å². The van der Waals surface area contributed by atoms with E-state index in [0.29, 0.717) is 13.2 Å². The molecular formula is C18H24N4O3S. The molecule has 0 spiro atoms. The van der Waals surface area contributed by atoms with Gasteiger partial charge in [-0.15, -0.1) is 0 Å². The van der Waals surface area contributed by atoms with Crippen LogP contribution in [-0.4, -0.2) is 72.2 Å². The Morgan fingerprint density at radius 1 is 1.27 bits per heavy atom. The number of likely N-dealkylation sites (N-methyl/N-ethyl adjacent to an activating group) is 1. The molecule has 0 aliphatic carbocycles. The first-order valence-corrected chi connectivity index (χ1v) is 9.68. The van der Waals surface area contributed by atoms with Gasteiger partial charge in [0.1, 0.15) is 0 Å². The number of carbonyl (C=O) groups excluding carboxylic acids is 2. The van der Waals surface area contributed by atoms with Crippen LogP contribution < -0.4 is 5.32 Å². The first kappa shape index (κ1) is 18.7. The maximum atomic E-state index is 12.4. The molecule has 26 heavy (non-hydrogen) atoms. The fourth-order valence-electron chi connectivity index (χ4n) is 3.17. The summed E-state index contributed by atoms with van der Waals surface area (Å²) < 4.78 is 5.12. The monoisotopic (exact) mass is 376 g/mol. The van der Waals surface area contributed by atoms with Crippen molar-refractivity contribution in [3.8, 4) is 0 Å². The molecular weight excluding hydrogens is 352 g/mol. The first-order valence-electron chi connectivity index (χ1n) is 8.69. The molecule has 2 unspecified atom stereocenters. The van der Waals surface area contributed by atoms with E-state index in [0.717, 1.165) is 23.8 Å². The number of rotatable bonds is 7. The van der Waals surface area contributed by atoms with Crippen LogP contribution in [0, 0.1) is 0 Å². The topological polar surface area (TPSA) is 74.2 Å². The molecule has 0 aromatic heterocycles. The highest BCUT2D eigenvalue weighted by Gasteiger charge is 2.48. The lowest BCUT2D eigenvalue weighted by molar-refractivity contribution is -0.127. The summed E-state index contributed by atoms with van der Waals surface area (Å²) in [6.07, 6.45) is 1.38. The second-order valence-electron chi connectivity index (χ2n) is 6.30. The van der Waals surface area contributed by atoms with E-state index in [9.17, 15) is 9.59 Å². The van der Waals surface area contributed by atoms with Crippen molar-refractivity contribution in [2.45, 2.75) is 25.0 Å². The van der Waals surface area contributed by atoms with Crippen molar-refractivity contribution < 1.29 is 14.3 Å². The molecule has 2 aliphatic heterocycles. The number of hydrogen-bond acceptors (Lipinski definition) is 6. The molecule has 1 N–H and O–H groups in total. The van der Waals surface area contributed by atoms with Crippen LogP contribution >= 0.6 is 11.8 Å². The number of hydrogen-bond donors (Lipinski definition) is 1. The van der Waals surface area contributed by atoms with Crippen molar-refractivity contribution in [3.05, 3.63) is 35.9 Å². The lowest BCUT2D eigenvalue weighted by Crippen LogP contribution is -2.63. The van der Waals surface area contributed by atoms with Gasteiger partial charge >= 0.3 is 6.03 Å². The third kappa shape index (κ3) is 4.02. The molecule has 7 nitrogen and oxygen atoms in total. The third-order valence-corrected chi connectivity index (χ3v) is 5.52. The standard InChI is InChI=1S/C18H24N4O3S/c1-21-15-14(16(23)20-17(21)24)22(18(19-15)26-12-11-25-2)10-6-9-13-7-4-3-5-8-13/h3-5,7-8,14-15H,6,9-12H2,1-2H3,(H,20,23,24). The van der Waals surface area contributed by atoms with Gasteiger partial charge in [0.05, 0.1) is 6.61 Å². The number of amides is 3. The van der Waals surface area contributed by atoms with Crippen molar-refractivity contribution >= 4 is 28.9 Å². The number of benzene rings is 1. The number of amidine groups is 1. The molecule has 1 fully saturated rings. The maximum absolute atomic E-state index is 12.4. The van der Waals surface area contributed by atoms with Crippen LogP contribution in [0.2, 0.25) is 0 Å². The van der Waals surface area contributed by atoms with Gasteiger partial charge in [-0.1, -0.05) is 42.1 Å². The van der Waals surface area contributed by atoms with E-state index in [1.807, 2.05) is 23.1 Å². The maximum Gasteiger partial charge on any atom is 0.325 e. The summed E-state index contributed by atoms with van der Waals surface area (Å²) >= 11 is 1.57. The van der Waals surface area contributed by atoms with E-state index in [2.05, 4.69) is 22.4 Å². The van der Waals surface area contributed by atoms with Gasteiger partial charge in [0.2, 0.25) is 0 Å². The number of aryl methyl sites for hydroxylation is 1. The Bertz CT molecular complexity index is 682. The number of fused-ring (bicyclic) bond motifs is 1. The summed E-state index contributed by atoms with van der Waals surface area (Å²) in [4.78, 5) is 32.5. The predicted molar refractivity (Wildman–Crippen MR) is 102 cm³/mol. The zero-order valence-electron chi connectivity index (χ0n) is 15.1. The molecule has 2 heterocycles. The molecule has 1 aromatic carbocycles. The minimum absolute atomic E-state index is 0.274. The average molecular weight is 376 g/mol. The Labute approximate surface area is 157 Å². The Kier molecular flexibility index (Phi) is 6.16. The molecule has 0 radical (unpaired) electrons. The van der Waals surface area contributed by atoms with Gasteiger partial charge in [-0.2, -0.15) is 0 Å². The van der Waals surface area contributed by atoms with Crippen molar-refractivity contribution in [1.29, 1.82) is 0 Å². The van der Waals surface area contributed by atoms with Crippen molar-refractivity contribution in [2.75, 3.05) is 33.1 Å². The molecule has 8 heteroatoms. The van der Waals surface area contributed by atoms with E-state index in [1.54, 1.807) is 25.9 Å². The average Bonchev–Trinajstić information content (AvgIpc) is 3.00. The van der Waals surface area contributed by atoms with E-state index >= 15 is 0 Å². The minimum atomic E-state index is -0.460. The summed E-state index contributed by atoms with van der Waals surface area (Å²) in [5, 5.41) is 3.23. The van der Waals surface area contributed by atoms with Gasteiger partial charge in [-0.25, -0.2) is 9.79 Å². The van der Waals surface area contributed by atoms with Crippen LogP contribution in [0.4, 0.5) is 4.79 Å². The summed E-state index contributed by atoms with van der Waals surface area (Å²) in [7, 11) is 3.34. The number of carbonyl (C=O) groups is 2. The highest BCUT2D eigenvalue weighted by molar-refractivity contribution is 8.13. The largest absolute Gasteiger partial charge is 0.384 e. The molecule has 2 aliphatic rings. The third-order valence-electron chi connectivity index (χ3n) is 4.55. The number of methoxy groups -OCH3 is 1. The number of urea groups is 1. The number of nitrogens with zero attached hydrogens (tertiary/aromatic N) is 3. The number of aliphatic imine (C=N–C) groups is 1. The zero-order chi connectivity index (χ0) is 18.5. The lowest BCUT2D eigenvalue weighted by atomic mass is 10.1. The van der Waals surface area contributed by atoms with Crippen molar-refractivity contribution in [1.82, 2.24) is 15.1 Å². The minimum Gasteiger partial charge on any atom is -0.384 e. The van der Waals surface area contributed by atoms with E-state index in [-0.39, 0.29) is 5.91 Å². The second-order valence-corrected chi connectivity index (χ2v) is 7.36. The van der Waals surface area contributed by atoms with Crippen LogP contribution in [0.15, 0.2) is 35.3 Å². The quantitative estimate of drug-likeness (QED) is 0.731. The van der Waals surface area contributed by atoms with Crippen molar-refractivity contribution in [2.24, 2.45) is 4.99 Å². The summed E-state index contributed by atoms with van der Waals surface area (Å²) in [6, 6.07) is 9.42. The molecule has 2 atom stereocenters. The van der Waals surface area contributed by atoms with Crippen LogP contribution in [0.3, 0.4) is 0 Å². The van der Waals surface area contributed by atoms with Gasteiger partial charge in [0, 0.05) is 26.5 Å². The molecule has 1 aromatic rings. The van der Waals surface area contributed by atoms with Gasteiger partial charge in [0.25, 0.3) is 5.91 Å². The number of ether oxygens (including phenoxy) is 1. The molecule has 3 amide bonds. The summed E-state index contributed by atoms with van der Waals surface area (Å²) in [5.74, 6) is 0.479. The molecule has 0 saturated carbocycles. The van der Waals surface area contributed by atoms with Crippen LogP contribution in [-0.2, 0) is 16.0 Å². The number of imide groups is 1. The Morgan fingerprint density at radius 2 is 2.04 bits per heavy atom. The number of nitrogens with one attached hydrogen (secondary N) is 1.